The number of methoxy groups -OCH3 is 3. The maximum Gasteiger partial charge on any atom is 0.242 e. The van der Waals surface area contributed by atoms with Gasteiger partial charge >= 0.3 is 0 Å². The summed E-state index contributed by atoms with van der Waals surface area (Å²) >= 11 is 0. The van der Waals surface area contributed by atoms with Crippen LogP contribution in [0.3, 0.4) is 0 Å². The lowest BCUT2D eigenvalue weighted by Gasteiger charge is -2.19. The molecule has 0 saturated carbocycles. The smallest absolute Gasteiger partial charge is 0.242 e. The Hall–Kier alpha value is -5.06. The molecule has 0 spiro atoms. The van der Waals surface area contributed by atoms with Gasteiger partial charge in [-0.15, -0.1) is 0 Å². The van der Waals surface area contributed by atoms with Crippen LogP contribution in [-0.4, -0.2) is 49.2 Å². The van der Waals surface area contributed by atoms with Gasteiger partial charge in [0.2, 0.25) is 23.0 Å². The molecule has 224 valence electrons. The topological polar surface area (TPSA) is 144 Å². The number of nitrogens with one attached hydrogen (secondary N) is 4. The van der Waals surface area contributed by atoms with E-state index in [2.05, 4.69) is 25.9 Å². The molecule has 2 atom stereocenters. The molecule has 3 aromatic carbocycles. The van der Waals surface area contributed by atoms with Crippen LogP contribution in [0.1, 0.15) is 43.3 Å². The minimum atomic E-state index is -0.725. The van der Waals surface area contributed by atoms with Crippen LogP contribution < -0.4 is 35.6 Å². The van der Waals surface area contributed by atoms with Crippen LogP contribution in [0, 0.1) is 0 Å². The number of ether oxygens (including phenoxy) is 3. The van der Waals surface area contributed by atoms with Crippen LogP contribution in [0.15, 0.2) is 53.3 Å². The predicted octanol–water partition coefficient (Wildman–Crippen LogP) is 3.86. The molecule has 1 aliphatic rings. The fourth-order valence-electron chi connectivity index (χ4n) is 5.54. The van der Waals surface area contributed by atoms with Crippen molar-refractivity contribution in [3.63, 3.8) is 0 Å². The summed E-state index contributed by atoms with van der Waals surface area (Å²) in [6, 6.07) is 13.3. The minimum absolute atomic E-state index is 0.209. The highest BCUT2D eigenvalue weighted by atomic mass is 16.5. The van der Waals surface area contributed by atoms with Gasteiger partial charge in [-0.1, -0.05) is 18.2 Å². The van der Waals surface area contributed by atoms with Crippen LogP contribution in [0.25, 0.3) is 22.2 Å². The first kappa shape index (κ1) is 29.4. The molecule has 1 heterocycles. The monoisotopic (exact) mass is 585 g/mol. The Balaban J connectivity index is 1.49. The van der Waals surface area contributed by atoms with Crippen LogP contribution in [0.4, 0.5) is 5.69 Å². The number of para-hydroxylation sites is 2. The van der Waals surface area contributed by atoms with Gasteiger partial charge in [0.15, 0.2) is 11.5 Å². The van der Waals surface area contributed by atoms with E-state index in [1.807, 2.05) is 36.4 Å². The Morgan fingerprint density at radius 1 is 1.05 bits per heavy atom. The number of benzene rings is 2. The third kappa shape index (κ3) is 5.97. The van der Waals surface area contributed by atoms with Gasteiger partial charge in [-0.3, -0.25) is 14.4 Å². The van der Waals surface area contributed by atoms with Crippen molar-refractivity contribution in [1.29, 1.82) is 0 Å². The number of carbonyl (C=O) groups is 2. The Bertz CT molecular complexity index is 1720. The zero-order chi connectivity index (χ0) is 30.7. The van der Waals surface area contributed by atoms with Crippen molar-refractivity contribution < 1.29 is 23.8 Å². The number of anilines is 1. The van der Waals surface area contributed by atoms with Crippen molar-refractivity contribution in [2.45, 2.75) is 45.3 Å². The van der Waals surface area contributed by atoms with Crippen LogP contribution in [0.2, 0.25) is 0 Å². The highest BCUT2D eigenvalue weighted by Gasteiger charge is 2.29. The summed E-state index contributed by atoms with van der Waals surface area (Å²) in [6.07, 6.45) is 1.14. The molecule has 4 N–H and O–H groups in total. The molecule has 4 aromatic rings. The maximum atomic E-state index is 13.6. The molecule has 11 heteroatoms. The van der Waals surface area contributed by atoms with E-state index in [9.17, 15) is 14.4 Å². The average molecular weight is 586 g/mol. The number of aromatic nitrogens is 2. The third-order valence-electron chi connectivity index (χ3n) is 7.55. The Morgan fingerprint density at radius 2 is 1.81 bits per heavy atom. The standard InChI is InChI=1S/C32H35N5O6/c1-17(32(40)33-16-28-36-23-8-6-7-9-24(23)37-28)34-25-13-11-20-21(15-26(25)39)22(35-18(2)38)12-10-19-14-27(41-3)30(42-4)31(43-5)29(19)20/h6-9,11,13-15,17,22H,10,12,16H2,1-5H3,(H,33,40)(H,34,39)(H,35,38)(H,36,37)/t17-,22-/m0/s1. The molecule has 0 aliphatic heterocycles. The second-order valence-electron chi connectivity index (χ2n) is 10.4. The van der Waals surface area contributed by atoms with E-state index in [1.54, 1.807) is 27.2 Å². The molecule has 2 amide bonds. The zero-order valence-corrected chi connectivity index (χ0v) is 24.8. The molecule has 43 heavy (non-hydrogen) atoms. The summed E-state index contributed by atoms with van der Waals surface area (Å²) in [7, 11) is 4.64. The van der Waals surface area contributed by atoms with Gasteiger partial charge in [0.1, 0.15) is 11.9 Å². The second kappa shape index (κ2) is 12.4. The molecule has 0 unspecified atom stereocenters. The van der Waals surface area contributed by atoms with Crippen molar-refractivity contribution in [2.75, 3.05) is 26.6 Å². The molecule has 1 aromatic heterocycles. The van der Waals surface area contributed by atoms with E-state index in [4.69, 9.17) is 14.2 Å². The number of nitrogens with zero attached hydrogens (tertiary/aromatic N) is 1. The Kier molecular flexibility index (Phi) is 8.51. The number of carbonyl (C=O) groups excluding carboxylic acids is 2. The zero-order valence-electron chi connectivity index (χ0n) is 24.8. The fraction of sp³-hybridized carbons (Fsp3) is 0.312. The fourth-order valence-corrected chi connectivity index (χ4v) is 5.54. The van der Waals surface area contributed by atoms with Gasteiger partial charge in [-0.2, -0.15) is 0 Å². The molecule has 0 fully saturated rings. The normalized spacial score (nSPS) is 14.5. The third-order valence-corrected chi connectivity index (χ3v) is 7.55. The van der Waals surface area contributed by atoms with E-state index in [0.717, 1.165) is 22.2 Å². The van der Waals surface area contributed by atoms with Gasteiger partial charge < -0.3 is 35.1 Å². The summed E-state index contributed by atoms with van der Waals surface area (Å²) in [5.41, 5.74) is 4.64. The highest BCUT2D eigenvalue weighted by molar-refractivity contribution is 5.86. The molecule has 0 bridgehead atoms. The first-order valence-electron chi connectivity index (χ1n) is 14.0. The van der Waals surface area contributed by atoms with E-state index in [0.29, 0.717) is 47.0 Å². The molecular weight excluding hydrogens is 550 g/mol. The number of aromatic amines is 1. The Labute approximate surface area is 249 Å². The summed E-state index contributed by atoms with van der Waals surface area (Å²) in [5, 5.41) is 8.92. The lowest BCUT2D eigenvalue weighted by Crippen LogP contribution is -2.38. The van der Waals surface area contributed by atoms with E-state index >= 15 is 0 Å². The number of hydrogen-bond donors (Lipinski definition) is 4. The summed E-state index contributed by atoms with van der Waals surface area (Å²) < 4.78 is 17.1. The number of H-pyrrole nitrogens is 1. The number of aryl methyl sites for hydroxylation is 1. The van der Waals surface area contributed by atoms with Crippen molar-refractivity contribution in [3.8, 4) is 28.4 Å². The van der Waals surface area contributed by atoms with E-state index in [-0.39, 0.29) is 29.5 Å². The highest BCUT2D eigenvalue weighted by Crippen LogP contribution is 2.50. The summed E-state index contributed by atoms with van der Waals surface area (Å²) in [4.78, 5) is 46.4. The van der Waals surface area contributed by atoms with Crippen molar-refractivity contribution in [1.82, 2.24) is 20.6 Å². The molecule has 5 rings (SSSR count). The van der Waals surface area contributed by atoms with Gasteiger partial charge in [0.05, 0.1) is 50.6 Å². The molecular formula is C32H35N5O6. The SMILES string of the molecule is COc1cc2c(c(OC)c1OC)-c1ccc(N[C@@H](C)C(=O)NCc3nc4ccccc4[nH]3)c(=O)cc1[C@@H](NC(C)=O)CC2. The first-order chi connectivity index (χ1) is 20.7. The second-order valence-corrected chi connectivity index (χ2v) is 10.4. The Morgan fingerprint density at radius 3 is 2.51 bits per heavy atom. The largest absolute Gasteiger partial charge is 0.493 e. The van der Waals surface area contributed by atoms with Crippen LogP contribution >= 0.6 is 0 Å². The number of fused-ring (bicyclic) bond motifs is 4. The minimum Gasteiger partial charge on any atom is -0.493 e. The number of rotatable bonds is 9. The van der Waals surface area contributed by atoms with E-state index in [1.165, 1.54) is 20.1 Å². The van der Waals surface area contributed by atoms with Gasteiger partial charge in [-0.25, -0.2) is 4.98 Å². The van der Waals surface area contributed by atoms with E-state index < -0.39 is 12.1 Å². The summed E-state index contributed by atoms with van der Waals surface area (Å²) in [6.45, 7) is 3.34. The van der Waals surface area contributed by atoms with Gasteiger partial charge in [-0.05, 0) is 66.8 Å². The van der Waals surface area contributed by atoms with Crippen LogP contribution in [0.5, 0.6) is 17.2 Å². The maximum absolute atomic E-state index is 13.6. The van der Waals surface area contributed by atoms with Crippen molar-refractivity contribution >= 4 is 28.5 Å². The lowest BCUT2D eigenvalue weighted by atomic mass is 9.95. The van der Waals surface area contributed by atoms with Crippen molar-refractivity contribution in [3.05, 3.63) is 75.7 Å². The molecule has 0 radical (unpaired) electrons. The first-order valence-corrected chi connectivity index (χ1v) is 14.0. The lowest BCUT2D eigenvalue weighted by molar-refractivity contribution is -0.122. The number of imidazole rings is 1. The molecule has 11 nitrogen and oxygen atoms in total. The summed E-state index contributed by atoms with van der Waals surface area (Å²) in [5.74, 6) is 1.53. The average Bonchev–Trinajstić information content (AvgIpc) is 3.28. The quantitative estimate of drug-likeness (QED) is 0.232. The molecule has 1 aliphatic carbocycles. The number of amides is 2. The van der Waals surface area contributed by atoms with Crippen LogP contribution in [-0.2, 0) is 22.6 Å². The van der Waals surface area contributed by atoms with Crippen molar-refractivity contribution in [2.24, 2.45) is 0 Å². The van der Waals surface area contributed by atoms with Gasteiger partial charge in [0.25, 0.3) is 0 Å². The number of hydrogen-bond acceptors (Lipinski definition) is 8. The predicted molar refractivity (Wildman–Crippen MR) is 164 cm³/mol. The van der Waals surface area contributed by atoms with Gasteiger partial charge in [0, 0.05) is 12.5 Å². The molecule has 0 saturated heterocycles.